The topological polar surface area (TPSA) is 55.8 Å². The van der Waals surface area contributed by atoms with Crippen LogP contribution in [0.1, 0.15) is 38.7 Å². The van der Waals surface area contributed by atoms with Gasteiger partial charge in [-0.25, -0.2) is 4.79 Å². The number of ether oxygens (including phenoxy) is 2. The lowest BCUT2D eigenvalue weighted by Crippen LogP contribution is -2.51. The maximum absolute atomic E-state index is 12.8. The number of halogens is 2. The lowest BCUT2D eigenvalue weighted by molar-refractivity contribution is -0.151. The van der Waals surface area contributed by atoms with E-state index in [-0.39, 0.29) is 25.0 Å². The summed E-state index contributed by atoms with van der Waals surface area (Å²) in [6.07, 6.45) is 1.12. The zero-order chi connectivity index (χ0) is 17.7. The number of piperidine rings is 1. The molecule has 2 rings (SSSR count). The molecule has 1 aliphatic rings. The molecule has 2 unspecified atom stereocenters. The number of likely N-dealkylation sites (tertiary alicyclic amines) is 1. The molecule has 0 N–H and O–H groups in total. The molecule has 1 saturated heterocycles. The van der Waals surface area contributed by atoms with Crippen LogP contribution in [0.25, 0.3) is 0 Å². The van der Waals surface area contributed by atoms with E-state index in [1.54, 1.807) is 30.0 Å². The molecule has 1 aromatic rings. The second kappa shape index (κ2) is 8.58. The van der Waals surface area contributed by atoms with Gasteiger partial charge in [0.05, 0.1) is 13.0 Å². The number of carbonyl (C=O) groups excluding carboxylic acids is 2. The van der Waals surface area contributed by atoms with Gasteiger partial charge in [-0.2, -0.15) is 0 Å². The molecule has 0 saturated carbocycles. The van der Waals surface area contributed by atoms with Crippen LogP contribution in [-0.2, 0) is 20.7 Å². The van der Waals surface area contributed by atoms with Gasteiger partial charge in [0.2, 0.25) is 5.91 Å². The van der Waals surface area contributed by atoms with Crippen molar-refractivity contribution in [2.45, 2.75) is 51.8 Å². The Bertz CT molecular complexity index is 608. The third kappa shape index (κ3) is 4.77. The summed E-state index contributed by atoms with van der Waals surface area (Å²) < 4.78 is 10.1. The van der Waals surface area contributed by atoms with Gasteiger partial charge in [-0.3, -0.25) is 4.79 Å². The predicted octanol–water partition coefficient (Wildman–Crippen LogP) is 4.44. The summed E-state index contributed by atoms with van der Waals surface area (Å²) in [4.78, 5) is 26.0. The molecule has 1 aromatic carbocycles. The van der Waals surface area contributed by atoms with Crippen molar-refractivity contribution in [3.05, 3.63) is 33.8 Å². The molecule has 1 aliphatic heterocycles. The standard InChI is InChI=1S/C17H21Cl2NO4/c1-3-23-17(22)24-16-6-4-5-11(2)20(16)15(21)9-12-7-8-13(18)10-14(12)19/h7-8,10-11,16H,3-6,9H2,1-2H3. The molecule has 1 heterocycles. The molecule has 24 heavy (non-hydrogen) atoms. The van der Waals surface area contributed by atoms with Gasteiger partial charge in [-0.05, 0) is 44.4 Å². The van der Waals surface area contributed by atoms with Crippen molar-refractivity contribution < 1.29 is 19.1 Å². The largest absolute Gasteiger partial charge is 0.510 e. The average Bonchev–Trinajstić information content (AvgIpc) is 2.50. The molecule has 0 spiro atoms. The summed E-state index contributed by atoms with van der Waals surface area (Å²) in [5.74, 6) is -0.138. The fraction of sp³-hybridized carbons (Fsp3) is 0.529. The number of nitrogens with zero attached hydrogens (tertiary/aromatic N) is 1. The monoisotopic (exact) mass is 373 g/mol. The summed E-state index contributed by atoms with van der Waals surface area (Å²) >= 11 is 12.0. The normalized spacial score (nSPS) is 20.6. The summed E-state index contributed by atoms with van der Waals surface area (Å²) in [6.45, 7) is 3.88. The molecule has 1 amide bonds. The molecule has 0 radical (unpaired) electrons. The number of rotatable bonds is 4. The third-order valence-corrected chi connectivity index (χ3v) is 4.58. The lowest BCUT2D eigenvalue weighted by atomic mass is 10.0. The minimum atomic E-state index is -0.751. The molecule has 0 bridgehead atoms. The highest BCUT2D eigenvalue weighted by Crippen LogP contribution is 2.27. The zero-order valence-electron chi connectivity index (χ0n) is 13.8. The molecular weight excluding hydrogens is 353 g/mol. The first-order valence-electron chi connectivity index (χ1n) is 8.00. The van der Waals surface area contributed by atoms with E-state index in [0.717, 1.165) is 12.8 Å². The van der Waals surface area contributed by atoms with Gasteiger partial charge >= 0.3 is 6.16 Å². The van der Waals surface area contributed by atoms with Crippen molar-refractivity contribution in [3.63, 3.8) is 0 Å². The van der Waals surface area contributed by atoms with Crippen LogP contribution in [-0.4, -0.2) is 35.8 Å². The zero-order valence-corrected chi connectivity index (χ0v) is 15.3. The third-order valence-electron chi connectivity index (χ3n) is 4.00. The molecule has 0 aliphatic carbocycles. The number of hydrogen-bond donors (Lipinski definition) is 0. The summed E-state index contributed by atoms with van der Waals surface area (Å²) in [5, 5.41) is 0.967. The second-order valence-corrected chi connectivity index (χ2v) is 6.59. The lowest BCUT2D eigenvalue weighted by Gasteiger charge is -2.39. The van der Waals surface area contributed by atoms with Crippen LogP contribution in [0.4, 0.5) is 4.79 Å². The van der Waals surface area contributed by atoms with Gasteiger partial charge in [-0.1, -0.05) is 29.3 Å². The van der Waals surface area contributed by atoms with E-state index in [1.165, 1.54) is 0 Å². The molecular formula is C17H21Cl2NO4. The predicted molar refractivity (Wildman–Crippen MR) is 92.2 cm³/mol. The van der Waals surface area contributed by atoms with Crippen molar-refractivity contribution in [2.24, 2.45) is 0 Å². The Morgan fingerprint density at radius 3 is 2.71 bits per heavy atom. The Kier molecular flexibility index (Phi) is 6.75. The fourth-order valence-corrected chi connectivity index (χ4v) is 3.33. The molecule has 1 fully saturated rings. The summed E-state index contributed by atoms with van der Waals surface area (Å²) in [5.41, 5.74) is 0.693. The average molecular weight is 374 g/mol. The Balaban J connectivity index is 2.11. The van der Waals surface area contributed by atoms with Crippen molar-refractivity contribution in [1.29, 1.82) is 0 Å². The van der Waals surface area contributed by atoms with Crippen LogP contribution < -0.4 is 0 Å². The van der Waals surface area contributed by atoms with Crippen molar-refractivity contribution in [2.75, 3.05) is 6.61 Å². The molecule has 5 nitrogen and oxygen atoms in total. The molecule has 0 aromatic heterocycles. The van der Waals surface area contributed by atoms with Crippen molar-refractivity contribution in [1.82, 2.24) is 4.90 Å². The van der Waals surface area contributed by atoms with Crippen molar-refractivity contribution >= 4 is 35.3 Å². The minimum Gasteiger partial charge on any atom is -0.435 e. The van der Waals surface area contributed by atoms with Gasteiger partial charge in [0.15, 0.2) is 6.23 Å². The minimum absolute atomic E-state index is 0.0169. The second-order valence-electron chi connectivity index (χ2n) is 5.75. The fourth-order valence-electron chi connectivity index (χ4n) is 2.85. The first-order chi connectivity index (χ1) is 11.4. The Labute approximate surface area is 151 Å². The van der Waals surface area contributed by atoms with E-state index in [0.29, 0.717) is 22.0 Å². The van der Waals surface area contributed by atoms with Crippen LogP contribution in [0.15, 0.2) is 18.2 Å². The highest BCUT2D eigenvalue weighted by molar-refractivity contribution is 6.35. The van der Waals surface area contributed by atoms with Gasteiger partial charge < -0.3 is 14.4 Å². The van der Waals surface area contributed by atoms with Crippen molar-refractivity contribution in [3.8, 4) is 0 Å². The molecule has 7 heteroatoms. The van der Waals surface area contributed by atoms with E-state index in [4.69, 9.17) is 32.7 Å². The van der Waals surface area contributed by atoms with E-state index in [2.05, 4.69) is 0 Å². The highest BCUT2D eigenvalue weighted by atomic mass is 35.5. The van der Waals surface area contributed by atoms with Gasteiger partial charge in [-0.15, -0.1) is 0 Å². The first-order valence-corrected chi connectivity index (χ1v) is 8.76. The smallest absolute Gasteiger partial charge is 0.435 e. The molecule has 132 valence electrons. The van der Waals surface area contributed by atoms with E-state index in [1.807, 2.05) is 6.92 Å². The summed E-state index contributed by atoms with van der Waals surface area (Å²) in [7, 11) is 0. The van der Waals surface area contributed by atoms with Crippen LogP contribution in [0.5, 0.6) is 0 Å². The van der Waals surface area contributed by atoms with E-state index < -0.39 is 12.4 Å². The number of hydrogen-bond acceptors (Lipinski definition) is 4. The van der Waals surface area contributed by atoms with E-state index in [9.17, 15) is 9.59 Å². The van der Waals surface area contributed by atoms with Crippen LogP contribution in [0.2, 0.25) is 10.0 Å². The SMILES string of the molecule is CCOC(=O)OC1CCCC(C)N1C(=O)Cc1ccc(Cl)cc1Cl. The number of carbonyl (C=O) groups is 2. The van der Waals surface area contributed by atoms with Gasteiger partial charge in [0.25, 0.3) is 0 Å². The van der Waals surface area contributed by atoms with Gasteiger partial charge in [0.1, 0.15) is 0 Å². The van der Waals surface area contributed by atoms with Crippen LogP contribution in [0.3, 0.4) is 0 Å². The van der Waals surface area contributed by atoms with Gasteiger partial charge in [0, 0.05) is 22.5 Å². The highest BCUT2D eigenvalue weighted by Gasteiger charge is 2.34. The maximum atomic E-state index is 12.8. The van der Waals surface area contributed by atoms with Crippen LogP contribution >= 0.6 is 23.2 Å². The Morgan fingerprint density at radius 1 is 1.29 bits per heavy atom. The van der Waals surface area contributed by atoms with Crippen LogP contribution in [0, 0.1) is 0 Å². The maximum Gasteiger partial charge on any atom is 0.510 e. The number of amides is 1. The first kappa shape index (κ1) is 18.9. The molecule has 2 atom stereocenters. The quantitative estimate of drug-likeness (QED) is 0.732. The Hall–Kier alpha value is -1.46. The Morgan fingerprint density at radius 2 is 2.04 bits per heavy atom. The number of benzene rings is 1. The summed E-state index contributed by atoms with van der Waals surface area (Å²) in [6, 6.07) is 5.02. The van der Waals surface area contributed by atoms with E-state index >= 15 is 0 Å².